The minimum absolute atomic E-state index is 0.539. The molecule has 0 fully saturated rings. The summed E-state index contributed by atoms with van der Waals surface area (Å²) in [5.41, 5.74) is 0. The van der Waals surface area contributed by atoms with Crippen LogP contribution in [0.2, 0.25) is 0 Å². The van der Waals surface area contributed by atoms with Gasteiger partial charge < -0.3 is 0 Å². The fraction of sp³-hybridized carbons (Fsp3) is 0.900. The lowest BCUT2D eigenvalue weighted by Crippen LogP contribution is -1.95. The van der Waals surface area contributed by atoms with Crippen LogP contribution in [0, 0.1) is 6.92 Å². The van der Waals surface area contributed by atoms with Crippen molar-refractivity contribution in [1.82, 2.24) is 0 Å². The number of rotatable bonds is 7. The summed E-state index contributed by atoms with van der Waals surface area (Å²) in [5, 5.41) is 0.539. The Morgan fingerprint density at radius 2 is 1.82 bits per heavy atom. The highest BCUT2D eigenvalue weighted by Crippen LogP contribution is 2.12. The lowest BCUT2D eigenvalue weighted by molar-refractivity contribution is 0.599. The molecule has 0 spiro atoms. The Labute approximate surface area is 77.2 Å². The molecule has 0 aromatic heterocycles. The standard InChI is InChI=1S/C10H21S/c1-3-5-6-7-8-9-10(11)4-2/h10-11H,2-9H2,1H3. The summed E-state index contributed by atoms with van der Waals surface area (Å²) >= 11 is 4.39. The fourth-order valence-corrected chi connectivity index (χ4v) is 1.31. The van der Waals surface area contributed by atoms with Crippen LogP contribution in [0.3, 0.4) is 0 Å². The summed E-state index contributed by atoms with van der Waals surface area (Å²) in [4.78, 5) is 0. The van der Waals surface area contributed by atoms with Gasteiger partial charge in [0.1, 0.15) is 0 Å². The number of thiol groups is 1. The second-order valence-corrected chi connectivity index (χ2v) is 3.88. The average molecular weight is 173 g/mol. The van der Waals surface area contributed by atoms with Gasteiger partial charge in [0.15, 0.2) is 0 Å². The highest BCUT2D eigenvalue weighted by molar-refractivity contribution is 7.80. The van der Waals surface area contributed by atoms with E-state index in [4.69, 9.17) is 0 Å². The van der Waals surface area contributed by atoms with Crippen LogP contribution < -0.4 is 0 Å². The molecule has 0 aromatic rings. The quantitative estimate of drug-likeness (QED) is 0.438. The molecule has 0 aromatic carbocycles. The SMILES string of the molecule is [CH2]CC(S)CCCCCCC. The predicted molar refractivity (Wildman–Crippen MR) is 56.1 cm³/mol. The first kappa shape index (κ1) is 11.4. The molecule has 1 heteroatoms. The topological polar surface area (TPSA) is 0 Å². The first-order chi connectivity index (χ1) is 5.31. The molecule has 11 heavy (non-hydrogen) atoms. The fourth-order valence-electron chi connectivity index (χ4n) is 1.13. The van der Waals surface area contributed by atoms with Crippen LogP contribution in [0.4, 0.5) is 0 Å². The zero-order valence-electron chi connectivity index (χ0n) is 7.68. The van der Waals surface area contributed by atoms with Gasteiger partial charge in [0.05, 0.1) is 0 Å². The van der Waals surface area contributed by atoms with Crippen molar-refractivity contribution in [2.45, 2.75) is 57.1 Å². The number of hydrogen-bond donors (Lipinski definition) is 1. The molecule has 0 amide bonds. The monoisotopic (exact) mass is 173 g/mol. The maximum Gasteiger partial charge on any atom is 0.00168 e. The van der Waals surface area contributed by atoms with Crippen molar-refractivity contribution < 1.29 is 0 Å². The van der Waals surface area contributed by atoms with E-state index in [-0.39, 0.29) is 0 Å². The van der Waals surface area contributed by atoms with Gasteiger partial charge in [-0.2, -0.15) is 12.6 Å². The molecule has 0 aliphatic rings. The highest BCUT2D eigenvalue weighted by atomic mass is 32.1. The van der Waals surface area contributed by atoms with Crippen molar-refractivity contribution in [2.24, 2.45) is 0 Å². The molecular formula is C10H21S. The molecule has 0 N–H and O–H groups in total. The van der Waals surface area contributed by atoms with Crippen molar-refractivity contribution in [3.05, 3.63) is 6.92 Å². The van der Waals surface area contributed by atoms with Gasteiger partial charge in [0.2, 0.25) is 0 Å². The molecule has 0 nitrogen and oxygen atoms in total. The Hall–Kier alpha value is 0.350. The van der Waals surface area contributed by atoms with Crippen molar-refractivity contribution in [3.8, 4) is 0 Å². The van der Waals surface area contributed by atoms with Crippen molar-refractivity contribution in [1.29, 1.82) is 0 Å². The Morgan fingerprint density at radius 3 is 2.36 bits per heavy atom. The maximum absolute atomic E-state index is 4.39. The zero-order valence-corrected chi connectivity index (χ0v) is 8.58. The summed E-state index contributed by atoms with van der Waals surface area (Å²) in [5.74, 6) is 0. The normalized spacial score (nSPS) is 13.4. The average Bonchev–Trinajstić information content (AvgIpc) is 2.04. The predicted octanol–water partition coefficient (Wildman–Crippen LogP) is 3.87. The molecular weight excluding hydrogens is 152 g/mol. The van der Waals surface area contributed by atoms with Gasteiger partial charge in [-0.1, -0.05) is 46.0 Å². The molecule has 0 bridgehead atoms. The maximum atomic E-state index is 4.39. The smallest absolute Gasteiger partial charge is 0.00168 e. The van der Waals surface area contributed by atoms with Crippen LogP contribution in [0.1, 0.15) is 51.9 Å². The highest BCUT2D eigenvalue weighted by Gasteiger charge is 1.97. The van der Waals surface area contributed by atoms with Gasteiger partial charge in [-0.15, -0.1) is 0 Å². The molecule has 67 valence electrons. The van der Waals surface area contributed by atoms with Gasteiger partial charge in [0.25, 0.3) is 0 Å². The van der Waals surface area contributed by atoms with E-state index < -0.39 is 0 Å². The Kier molecular flexibility index (Phi) is 8.72. The summed E-state index contributed by atoms with van der Waals surface area (Å²) in [7, 11) is 0. The molecule has 0 aliphatic carbocycles. The van der Waals surface area contributed by atoms with Gasteiger partial charge in [-0.3, -0.25) is 0 Å². The van der Waals surface area contributed by atoms with Crippen LogP contribution in [0.25, 0.3) is 0 Å². The number of unbranched alkanes of at least 4 members (excludes halogenated alkanes) is 4. The first-order valence-electron chi connectivity index (χ1n) is 4.78. The van der Waals surface area contributed by atoms with Crippen molar-refractivity contribution in [3.63, 3.8) is 0 Å². The van der Waals surface area contributed by atoms with Gasteiger partial charge >= 0.3 is 0 Å². The van der Waals surface area contributed by atoms with Crippen LogP contribution >= 0.6 is 12.6 Å². The van der Waals surface area contributed by atoms with E-state index in [2.05, 4.69) is 26.5 Å². The van der Waals surface area contributed by atoms with Gasteiger partial charge in [-0.25, -0.2) is 0 Å². The van der Waals surface area contributed by atoms with E-state index in [9.17, 15) is 0 Å². The van der Waals surface area contributed by atoms with Gasteiger partial charge in [-0.05, 0) is 12.8 Å². The van der Waals surface area contributed by atoms with Crippen LogP contribution in [-0.2, 0) is 0 Å². The minimum Gasteiger partial charge on any atom is -0.176 e. The molecule has 0 heterocycles. The van der Waals surface area contributed by atoms with E-state index >= 15 is 0 Å². The van der Waals surface area contributed by atoms with Crippen LogP contribution in [0.15, 0.2) is 0 Å². The Morgan fingerprint density at radius 1 is 1.18 bits per heavy atom. The first-order valence-corrected chi connectivity index (χ1v) is 5.30. The van der Waals surface area contributed by atoms with E-state index in [0.29, 0.717) is 5.25 Å². The third-order valence-corrected chi connectivity index (χ3v) is 2.49. The van der Waals surface area contributed by atoms with E-state index in [0.717, 1.165) is 6.42 Å². The Balaban J connectivity index is 2.89. The number of hydrogen-bond acceptors (Lipinski definition) is 1. The summed E-state index contributed by atoms with van der Waals surface area (Å²) in [6.45, 7) is 6.07. The Bertz CT molecular complexity index is 71.3. The third kappa shape index (κ3) is 8.25. The molecule has 0 aliphatic heterocycles. The van der Waals surface area contributed by atoms with Crippen molar-refractivity contribution >= 4 is 12.6 Å². The molecule has 1 unspecified atom stereocenters. The van der Waals surface area contributed by atoms with E-state index in [1.165, 1.54) is 38.5 Å². The largest absolute Gasteiger partial charge is 0.176 e. The lowest BCUT2D eigenvalue weighted by Gasteiger charge is -2.05. The summed E-state index contributed by atoms with van der Waals surface area (Å²) < 4.78 is 0. The van der Waals surface area contributed by atoms with Gasteiger partial charge in [0, 0.05) is 5.25 Å². The summed E-state index contributed by atoms with van der Waals surface area (Å²) in [6, 6.07) is 0. The van der Waals surface area contributed by atoms with E-state index in [1.54, 1.807) is 0 Å². The van der Waals surface area contributed by atoms with E-state index in [1.807, 2.05) is 0 Å². The summed E-state index contributed by atoms with van der Waals surface area (Å²) in [6.07, 6.45) is 9.05. The minimum atomic E-state index is 0.539. The molecule has 0 saturated carbocycles. The van der Waals surface area contributed by atoms with Crippen LogP contribution in [-0.4, -0.2) is 5.25 Å². The molecule has 0 saturated heterocycles. The van der Waals surface area contributed by atoms with Crippen molar-refractivity contribution in [2.75, 3.05) is 0 Å². The third-order valence-electron chi connectivity index (χ3n) is 1.97. The lowest BCUT2D eigenvalue weighted by atomic mass is 10.1. The molecule has 1 atom stereocenters. The molecule has 1 radical (unpaired) electrons. The molecule has 0 rings (SSSR count). The zero-order chi connectivity index (χ0) is 8.53. The second-order valence-electron chi connectivity index (χ2n) is 3.15. The second kappa shape index (κ2) is 8.45. The van der Waals surface area contributed by atoms with Crippen LogP contribution in [0.5, 0.6) is 0 Å².